The Kier molecular flexibility index (Phi) is 5.41. The number of piperidine rings is 1. The zero-order chi connectivity index (χ0) is 16.1. The lowest BCUT2D eigenvalue weighted by molar-refractivity contribution is -0.115. The Labute approximate surface area is 141 Å². The fourth-order valence-corrected chi connectivity index (χ4v) is 3.83. The maximum Gasteiger partial charge on any atom is 0.230 e. The van der Waals surface area contributed by atoms with Crippen molar-refractivity contribution in [3.63, 3.8) is 0 Å². The maximum absolute atomic E-state index is 12.1. The molecule has 0 aliphatic carbocycles. The number of rotatable bonds is 5. The number of nitrogens with zero attached hydrogens (tertiary/aromatic N) is 2. The Bertz CT molecular complexity index is 641. The first-order chi connectivity index (χ1) is 11.2. The van der Waals surface area contributed by atoms with E-state index in [-0.39, 0.29) is 5.91 Å². The van der Waals surface area contributed by atoms with Crippen molar-refractivity contribution in [3.05, 3.63) is 47.0 Å². The lowest BCUT2D eigenvalue weighted by Crippen LogP contribution is -2.36. The summed E-state index contributed by atoms with van der Waals surface area (Å²) in [5, 5.41) is 3.61. The summed E-state index contributed by atoms with van der Waals surface area (Å²) in [6, 6.07) is 10.4. The molecule has 5 heteroatoms. The smallest absolute Gasteiger partial charge is 0.230 e. The van der Waals surface area contributed by atoms with Gasteiger partial charge in [0.05, 0.1) is 6.42 Å². The van der Waals surface area contributed by atoms with Crippen LogP contribution in [-0.4, -0.2) is 28.4 Å². The summed E-state index contributed by atoms with van der Waals surface area (Å²) in [7, 11) is 0. The number of nitrogens with one attached hydrogen (secondary N) is 1. The average Bonchev–Trinajstić information content (AvgIpc) is 2.97. The van der Waals surface area contributed by atoms with E-state index in [4.69, 9.17) is 0 Å². The van der Waals surface area contributed by atoms with Gasteiger partial charge in [0.2, 0.25) is 5.91 Å². The lowest BCUT2D eigenvalue weighted by atomic mass is 10.0. The molecular formula is C18H23N3OS. The lowest BCUT2D eigenvalue weighted by Gasteiger charge is -2.32. The fraction of sp³-hybridized carbons (Fsp3) is 0.444. The van der Waals surface area contributed by atoms with E-state index in [1.165, 1.54) is 24.1 Å². The van der Waals surface area contributed by atoms with Gasteiger partial charge in [-0.1, -0.05) is 36.8 Å². The summed E-state index contributed by atoms with van der Waals surface area (Å²) in [5.74, 6) is -0.0107. The number of thiazole rings is 1. The first kappa shape index (κ1) is 16.1. The summed E-state index contributed by atoms with van der Waals surface area (Å²) < 4.78 is 0. The molecule has 1 unspecified atom stereocenters. The van der Waals surface area contributed by atoms with E-state index in [9.17, 15) is 4.79 Å². The number of aromatic nitrogens is 1. The SMILES string of the molecule is CC1CCCCN1Cc1cnc(NC(=O)Cc2ccccc2)s1. The number of carbonyl (C=O) groups excluding carboxylic acids is 1. The Morgan fingerprint density at radius 2 is 2.17 bits per heavy atom. The molecule has 0 saturated carbocycles. The van der Waals surface area contributed by atoms with Gasteiger partial charge in [0.25, 0.3) is 0 Å². The van der Waals surface area contributed by atoms with Crippen LogP contribution in [0.25, 0.3) is 0 Å². The largest absolute Gasteiger partial charge is 0.302 e. The standard InChI is InChI=1S/C18H23N3OS/c1-14-7-5-6-10-21(14)13-16-12-19-18(23-16)20-17(22)11-15-8-3-2-4-9-15/h2-4,8-9,12,14H,5-7,10-11,13H2,1H3,(H,19,20,22). The van der Waals surface area contributed by atoms with Crippen molar-refractivity contribution in [2.45, 2.75) is 45.2 Å². The normalized spacial score (nSPS) is 18.7. The van der Waals surface area contributed by atoms with E-state index < -0.39 is 0 Å². The van der Waals surface area contributed by atoms with Gasteiger partial charge >= 0.3 is 0 Å². The molecule has 0 radical (unpaired) electrons. The van der Waals surface area contributed by atoms with E-state index in [0.717, 1.165) is 18.7 Å². The van der Waals surface area contributed by atoms with Crippen molar-refractivity contribution < 1.29 is 4.79 Å². The van der Waals surface area contributed by atoms with Crippen molar-refractivity contribution in [2.75, 3.05) is 11.9 Å². The number of likely N-dealkylation sites (tertiary alicyclic amines) is 1. The second-order valence-corrected chi connectivity index (χ2v) is 7.27. The quantitative estimate of drug-likeness (QED) is 0.910. The molecule has 2 heterocycles. The average molecular weight is 329 g/mol. The fourth-order valence-electron chi connectivity index (χ4n) is 2.98. The number of hydrogen-bond acceptors (Lipinski definition) is 4. The first-order valence-electron chi connectivity index (χ1n) is 8.23. The van der Waals surface area contributed by atoms with Crippen molar-refractivity contribution >= 4 is 22.4 Å². The van der Waals surface area contributed by atoms with Gasteiger partial charge in [-0.05, 0) is 31.9 Å². The molecular weight excluding hydrogens is 306 g/mol. The highest BCUT2D eigenvalue weighted by molar-refractivity contribution is 7.15. The monoisotopic (exact) mass is 329 g/mol. The second kappa shape index (κ2) is 7.70. The number of anilines is 1. The van der Waals surface area contributed by atoms with Crippen LogP contribution in [0.4, 0.5) is 5.13 Å². The van der Waals surface area contributed by atoms with Gasteiger partial charge in [0.15, 0.2) is 5.13 Å². The Morgan fingerprint density at radius 1 is 1.35 bits per heavy atom. The third-order valence-corrected chi connectivity index (χ3v) is 5.20. The van der Waals surface area contributed by atoms with Crippen molar-refractivity contribution in [3.8, 4) is 0 Å². The highest BCUT2D eigenvalue weighted by atomic mass is 32.1. The summed E-state index contributed by atoms with van der Waals surface area (Å²) in [4.78, 5) is 20.1. The van der Waals surface area contributed by atoms with Crippen LogP contribution in [0.3, 0.4) is 0 Å². The number of amides is 1. The van der Waals surface area contributed by atoms with Crippen LogP contribution in [0.15, 0.2) is 36.5 Å². The van der Waals surface area contributed by atoms with E-state index in [1.807, 2.05) is 36.5 Å². The van der Waals surface area contributed by atoms with Crippen LogP contribution in [0.5, 0.6) is 0 Å². The van der Waals surface area contributed by atoms with Gasteiger partial charge in [-0.15, -0.1) is 11.3 Å². The molecule has 0 spiro atoms. The molecule has 4 nitrogen and oxygen atoms in total. The van der Waals surface area contributed by atoms with Gasteiger partial charge in [0.1, 0.15) is 0 Å². The molecule has 1 saturated heterocycles. The molecule has 1 aliphatic heterocycles. The van der Waals surface area contributed by atoms with E-state index >= 15 is 0 Å². The molecule has 0 bridgehead atoms. The minimum Gasteiger partial charge on any atom is -0.302 e. The summed E-state index contributed by atoms with van der Waals surface area (Å²) in [6.07, 6.45) is 6.17. The molecule has 3 rings (SSSR count). The number of hydrogen-bond donors (Lipinski definition) is 1. The molecule has 1 aromatic carbocycles. The topological polar surface area (TPSA) is 45.2 Å². The zero-order valence-corrected chi connectivity index (χ0v) is 14.3. The maximum atomic E-state index is 12.1. The van der Waals surface area contributed by atoms with Gasteiger partial charge in [-0.2, -0.15) is 0 Å². The molecule has 2 aromatic rings. The van der Waals surface area contributed by atoms with Crippen molar-refractivity contribution in [2.24, 2.45) is 0 Å². The molecule has 1 aliphatic rings. The predicted octanol–water partition coefficient (Wildman–Crippen LogP) is 3.70. The van der Waals surface area contributed by atoms with E-state index in [0.29, 0.717) is 17.6 Å². The van der Waals surface area contributed by atoms with E-state index in [1.54, 1.807) is 11.3 Å². The minimum absolute atomic E-state index is 0.0107. The van der Waals surface area contributed by atoms with Crippen LogP contribution in [0.2, 0.25) is 0 Å². The number of carbonyl (C=O) groups is 1. The van der Waals surface area contributed by atoms with Gasteiger partial charge in [-0.3, -0.25) is 9.69 Å². The zero-order valence-electron chi connectivity index (χ0n) is 13.5. The van der Waals surface area contributed by atoms with Crippen molar-refractivity contribution in [1.82, 2.24) is 9.88 Å². The molecule has 23 heavy (non-hydrogen) atoms. The highest BCUT2D eigenvalue weighted by Gasteiger charge is 2.19. The second-order valence-electron chi connectivity index (χ2n) is 6.16. The third-order valence-electron chi connectivity index (χ3n) is 4.31. The molecule has 1 amide bonds. The molecule has 1 fully saturated rings. The predicted molar refractivity (Wildman–Crippen MR) is 94.6 cm³/mol. The highest BCUT2D eigenvalue weighted by Crippen LogP contribution is 2.24. The molecule has 1 atom stereocenters. The minimum atomic E-state index is -0.0107. The van der Waals surface area contributed by atoms with Gasteiger partial charge < -0.3 is 5.32 Å². The van der Waals surface area contributed by atoms with Gasteiger partial charge in [-0.25, -0.2) is 4.98 Å². The molecule has 1 N–H and O–H groups in total. The molecule has 122 valence electrons. The Hall–Kier alpha value is -1.72. The van der Waals surface area contributed by atoms with Crippen LogP contribution in [0, 0.1) is 0 Å². The summed E-state index contributed by atoms with van der Waals surface area (Å²) in [6.45, 7) is 4.39. The van der Waals surface area contributed by atoms with E-state index in [2.05, 4.69) is 22.1 Å². The first-order valence-corrected chi connectivity index (χ1v) is 9.05. The molecule has 1 aromatic heterocycles. The summed E-state index contributed by atoms with van der Waals surface area (Å²) >= 11 is 1.58. The van der Waals surface area contributed by atoms with Crippen LogP contribution >= 0.6 is 11.3 Å². The van der Waals surface area contributed by atoms with Crippen molar-refractivity contribution in [1.29, 1.82) is 0 Å². The Balaban J connectivity index is 1.53. The third kappa shape index (κ3) is 4.62. The number of benzene rings is 1. The van der Waals surface area contributed by atoms with Crippen LogP contribution in [-0.2, 0) is 17.8 Å². The van der Waals surface area contributed by atoms with Crippen LogP contribution < -0.4 is 5.32 Å². The van der Waals surface area contributed by atoms with Gasteiger partial charge in [0, 0.05) is 23.7 Å². The Morgan fingerprint density at radius 3 is 2.96 bits per heavy atom. The summed E-state index contributed by atoms with van der Waals surface area (Å²) in [5.41, 5.74) is 1.02. The van der Waals surface area contributed by atoms with Crippen LogP contribution in [0.1, 0.15) is 36.6 Å².